The predicted octanol–water partition coefficient (Wildman–Crippen LogP) is 1.95. The number of aromatic nitrogens is 1. The highest BCUT2D eigenvalue weighted by Crippen LogP contribution is 2.27. The van der Waals surface area contributed by atoms with Crippen LogP contribution < -0.4 is 11.1 Å². The fourth-order valence-electron chi connectivity index (χ4n) is 2.48. The lowest BCUT2D eigenvalue weighted by Crippen LogP contribution is -2.37. The van der Waals surface area contributed by atoms with Crippen LogP contribution in [0, 0.1) is 0 Å². The Morgan fingerprint density at radius 2 is 1.79 bits per heavy atom. The molecule has 24 heavy (non-hydrogen) atoms. The van der Waals surface area contributed by atoms with Crippen molar-refractivity contribution in [1.82, 2.24) is 9.88 Å². The fourth-order valence-corrected chi connectivity index (χ4v) is 2.48. The summed E-state index contributed by atoms with van der Waals surface area (Å²) in [7, 11) is 1.79. The number of carbonyl (C=O) groups is 2. The lowest BCUT2D eigenvalue weighted by molar-refractivity contribution is -0.131. The van der Waals surface area contributed by atoms with Crippen LogP contribution in [0.2, 0.25) is 0 Å². The van der Waals surface area contributed by atoms with E-state index >= 15 is 0 Å². The first-order valence-electron chi connectivity index (χ1n) is 7.90. The van der Waals surface area contributed by atoms with Gasteiger partial charge in [0, 0.05) is 36.7 Å². The molecular formula is C18H20N4O2. The van der Waals surface area contributed by atoms with E-state index in [0.717, 1.165) is 12.8 Å². The van der Waals surface area contributed by atoms with Gasteiger partial charge in [-0.2, -0.15) is 0 Å². The predicted molar refractivity (Wildman–Crippen MR) is 91.4 cm³/mol. The fraction of sp³-hybridized carbons (Fsp3) is 0.278. The minimum Gasteiger partial charge on any atom is -0.341 e. The van der Waals surface area contributed by atoms with Crippen LogP contribution in [0.1, 0.15) is 34.8 Å². The Morgan fingerprint density at radius 3 is 2.38 bits per heavy atom. The molecule has 2 amide bonds. The van der Waals surface area contributed by atoms with Crippen LogP contribution >= 0.6 is 0 Å². The molecule has 3 rings (SSSR count). The first-order chi connectivity index (χ1) is 11.6. The Morgan fingerprint density at radius 1 is 1.17 bits per heavy atom. The molecule has 1 aromatic carbocycles. The lowest BCUT2D eigenvalue weighted by atomic mass is 10.0. The molecule has 1 heterocycles. The molecule has 3 N–H and O–H groups in total. The molecule has 124 valence electrons. The Hall–Kier alpha value is -2.73. The molecule has 0 bridgehead atoms. The molecule has 6 nitrogen and oxygen atoms in total. The van der Waals surface area contributed by atoms with Gasteiger partial charge < -0.3 is 16.0 Å². The molecule has 1 fully saturated rings. The van der Waals surface area contributed by atoms with E-state index in [4.69, 9.17) is 5.73 Å². The maximum Gasteiger partial charge on any atom is 0.255 e. The molecule has 1 saturated carbocycles. The number of nitrogens with zero attached hydrogens (tertiary/aromatic N) is 2. The second-order valence-corrected chi connectivity index (χ2v) is 5.97. The zero-order valence-corrected chi connectivity index (χ0v) is 13.5. The molecule has 1 atom stereocenters. The largest absolute Gasteiger partial charge is 0.341 e. The molecular weight excluding hydrogens is 304 g/mol. The Bertz CT molecular complexity index is 726. The average Bonchev–Trinajstić information content (AvgIpc) is 3.46. The minimum atomic E-state index is -0.701. The number of carbonyl (C=O) groups excluding carboxylic acids is 2. The standard InChI is InChI=1S/C18H20N4O2/c1-22(15-6-7-15)18(24)16(19)12-2-4-13(5-3-12)17(23)21-14-8-10-20-11-9-14/h2-5,8-11,15-16H,6-7,19H2,1H3,(H,20,21,23). The van der Waals surface area contributed by atoms with Crippen LogP contribution in [0.25, 0.3) is 0 Å². The van der Waals surface area contributed by atoms with E-state index in [1.165, 1.54) is 0 Å². The van der Waals surface area contributed by atoms with Gasteiger partial charge in [0.1, 0.15) is 6.04 Å². The molecule has 1 aromatic heterocycles. The first kappa shape index (κ1) is 16.1. The number of hydrogen-bond acceptors (Lipinski definition) is 4. The molecule has 6 heteroatoms. The van der Waals surface area contributed by atoms with Gasteiger partial charge in [-0.1, -0.05) is 12.1 Å². The third-order valence-electron chi connectivity index (χ3n) is 4.18. The second kappa shape index (κ2) is 6.80. The van der Waals surface area contributed by atoms with Crippen molar-refractivity contribution >= 4 is 17.5 Å². The smallest absolute Gasteiger partial charge is 0.255 e. The number of likely N-dealkylation sites (N-methyl/N-ethyl adjacent to an activating group) is 1. The van der Waals surface area contributed by atoms with Gasteiger partial charge in [-0.25, -0.2) is 0 Å². The third kappa shape index (κ3) is 3.60. The Kier molecular flexibility index (Phi) is 4.57. The monoisotopic (exact) mass is 324 g/mol. The van der Waals surface area contributed by atoms with Gasteiger partial charge in [-0.05, 0) is 42.7 Å². The van der Waals surface area contributed by atoms with E-state index in [1.807, 2.05) is 0 Å². The first-order valence-corrected chi connectivity index (χ1v) is 7.90. The van der Waals surface area contributed by atoms with E-state index in [9.17, 15) is 9.59 Å². The summed E-state index contributed by atoms with van der Waals surface area (Å²) in [5, 5.41) is 2.79. The number of nitrogens with two attached hydrogens (primary N) is 1. The summed E-state index contributed by atoms with van der Waals surface area (Å²) < 4.78 is 0. The number of amides is 2. The van der Waals surface area contributed by atoms with Crippen LogP contribution in [-0.4, -0.2) is 34.8 Å². The highest BCUT2D eigenvalue weighted by molar-refractivity contribution is 6.04. The molecule has 1 aliphatic carbocycles. The Balaban J connectivity index is 1.66. The van der Waals surface area contributed by atoms with Crippen molar-refractivity contribution in [3.63, 3.8) is 0 Å². The van der Waals surface area contributed by atoms with Gasteiger partial charge in [-0.15, -0.1) is 0 Å². The molecule has 1 unspecified atom stereocenters. The summed E-state index contributed by atoms with van der Waals surface area (Å²) in [5.41, 5.74) is 7.94. The zero-order chi connectivity index (χ0) is 17.1. The normalized spacial score (nSPS) is 14.8. The van der Waals surface area contributed by atoms with Gasteiger partial charge in [0.15, 0.2) is 0 Å². The van der Waals surface area contributed by atoms with Crippen LogP contribution in [0.4, 0.5) is 5.69 Å². The molecule has 0 aliphatic heterocycles. The summed E-state index contributed by atoms with van der Waals surface area (Å²) in [4.78, 5) is 30.1. The van der Waals surface area contributed by atoms with Gasteiger partial charge in [0.05, 0.1) is 0 Å². The molecule has 0 spiro atoms. The quantitative estimate of drug-likeness (QED) is 0.880. The minimum absolute atomic E-state index is 0.0912. The average molecular weight is 324 g/mol. The van der Waals surface area contributed by atoms with Crippen molar-refractivity contribution in [1.29, 1.82) is 0 Å². The summed E-state index contributed by atoms with van der Waals surface area (Å²) >= 11 is 0. The number of anilines is 1. The van der Waals surface area contributed by atoms with E-state index < -0.39 is 6.04 Å². The summed E-state index contributed by atoms with van der Waals surface area (Å²) in [5.74, 6) is -0.311. The van der Waals surface area contributed by atoms with Crippen molar-refractivity contribution in [2.24, 2.45) is 5.73 Å². The van der Waals surface area contributed by atoms with Crippen LogP contribution in [-0.2, 0) is 4.79 Å². The highest BCUT2D eigenvalue weighted by Gasteiger charge is 2.32. The van der Waals surface area contributed by atoms with E-state index in [0.29, 0.717) is 22.9 Å². The van der Waals surface area contributed by atoms with Crippen molar-refractivity contribution in [2.75, 3.05) is 12.4 Å². The van der Waals surface area contributed by atoms with Crippen molar-refractivity contribution in [3.8, 4) is 0 Å². The van der Waals surface area contributed by atoms with Crippen molar-refractivity contribution in [2.45, 2.75) is 24.9 Å². The zero-order valence-electron chi connectivity index (χ0n) is 13.5. The molecule has 2 aromatic rings. The highest BCUT2D eigenvalue weighted by atomic mass is 16.2. The number of hydrogen-bond donors (Lipinski definition) is 2. The molecule has 1 aliphatic rings. The molecule has 0 radical (unpaired) electrons. The summed E-state index contributed by atoms with van der Waals surface area (Å²) in [6, 6.07) is 9.87. The molecule has 0 saturated heterocycles. The van der Waals surface area contributed by atoms with E-state index in [-0.39, 0.29) is 11.8 Å². The van der Waals surface area contributed by atoms with Crippen LogP contribution in [0.5, 0.6) is 0 Å². The third-order valence-corrected chi connectivity index (χ3v) is 4.18. The van der Waals surface area contributed by atoms with Gasteiger partial charge in [0.25, 0.3) is 5.91 Å². The maximum atomic E-state index is 12.3. The van der Waals surface area contributed by atoms with Crippen LogP contribution in [0.15, 0.2) is 48.8 Å². The van der Waals surface area contributed by atoms with E-state index in [2.05, 4.69) is 10.3 Å². The topological polar surface area (TPSA) is 88.3 Å². The van der Waals surface area contributed by atoms with Crippen molar-refractivity contribution in [3.05, 3.63) is 59.9 Å². The van der Waals surface area contributed by atoms with Gasteiger partial charge >= 0.3 is 0 Å². The number of nitrogens with one attached hydrogen (secondary N) is 1. The van der Waals surface area contributed by atoms with Gasteiger partial charge in [0.2, 0.25) is 5.91 Å². The van der Waals surface area contributed by atoms with Gasteiger partial charge in [-0.3, -0.25) is 14.6 Å². The number of benzene rings is 1. The van der Waals surface area contributed by atoms with Crippen LogP contribution in [0.3, 0.4) is 0 Å². The van der Waals surface area contributed by atoms with E-state index in [1.54, 1.807) is 60.7 Å². The maximum absolute atomic E-state index is 12.3. The van der Waals surface area contributed by atoms with Crippen molar-refractivity contribution < 1.29 is 9.59 Å². The number of pyridine rings is 1. The number of rotatable bonds is 5. The summed E-state index contributed by atoms with van der Waals surface area (Å²) in [6.45, 7) is 0. The Labute approximate surface area is 140 Å². The summed E-state index contributed by atoms with van der Waals surface area (Å²) in [6.07, 6.45) is 5.31. The second-order valence-electron chi connectivity index (χ2n) is 5.97. The lowest BCUT2D eigenvalue weighted by Gasteiger charge is -2.21. The SMILES string of the molecule is CN(C(=O)C(N)c1ccc(C(=O)Nc2ccncc2)cc1)C1CC1.